The molecule has 2 aromatic heterocycles. The first-order valence-corrected chi connectivity index (χ1v) is 11.9. The molecule has 2 saturated heterocycles. The maximum Gasteiger partial charge on any atom is 0.410 e. The van der Waals surface area contributed by atoms with Crippen molar-refractivity contribution < 1.29 is 19.0 Å². The van der Waals surface area contributed by atoms with E-state index in [1.807, 2.05) is 51.1 Å². The molecule has 10 nitrogen and oxygen atoms in total. The van der Waals surface area contributed by atoms with Crippen LogP contribution in [0.25, 0.3) is 22.3 Å². The number of benzene rings is 1. The Balaban J connectivity index is 1.34. The van der Waals surface area contributed by atoms with Crippen molar-refractivity contribution >= 4 is 22.8 Å². The summed E-state index contributed by atoms with van der Waals surface area (Å²) in [6, 6.07) is 11.2. The third kappa shape index (κ3) is 4.37. The largest absolute Gasteiger partial charge is 0.467 e. The fraction of sp³-hybridized carbons (Fsp3) is 0.462. The van der Waals surface area contributed by atoms with Crippen molar-refractivity contribution in [3.8, 4) is 17.0 Å². The van der Waals surface area contributed by atoms with Crippen LogP contribution in [-0.2, 0) is 16.5 Å². The van der Waals surface area contributed by atoms with Crippen LogP contribution in [0.5, 0.6) is 5.75 Å². The SMILES string of the molecule is COCOc1ccccc1-c1cc2c(cc(N3CC4(CN(C(=O)OC(C)(C)C)C4)C3)c(=O)n2C)nn1. The first kappa shape index (κ1) is 24.1. The molecule has 1 amide bonds. The Hall–Kier alpha value is -3.66. The number of nitrogens with zero attached hydrogens (tertiary/aromatic N) is 5. The quantitative estimate of drug-likeness (QED) is 0.500. The van der Waals surface area contributed by atoms with Crippen molar-refractivity contribution in [3.63, 3.8) is 0 Å². The summed E-state index contributed by atoms with van der Waals surface area (Å²) in [6.07, 6.45) is -0.284. The van der Waals surface area contributed by atoms with Gasteiger partial charge in [0.25, 0.3) is 5.56 Å². The maximum absolute atomic E-state index is 13.3. The summed E-state index contributed by atoms with van der Waals surface area (Å²) in [5.74, 6) is 0.626. The van der Waals surface area contributed by atoms with Gasteiger partial charge in [0.05, 0.1) is 11.2 Å². The molecule has 0 bridgehead atoms. The standard InChI is InChI=1S/C26H31N5O5/c1-25(2,3)36-24(33)31-14-26(15-31)12-30(13-26)21-11-19-20(29(4)23(21)32)10-18(27-28-19)17-8-6-7-9-22(17)35-16-34-5/h6-11H,12-16H2,1-5H3. The molecule has 2 fully saturated rings. The lowest BCUT2D eigenvalue weighted by Gasteiger charge is -2.60. The lowest BCUT2D eigenvalue weighted by atomic mass is 9.73. The molecule has 1 spiro atoms. The average Bonchev–Trinajstić information content (AvgIpc) is 2.77. The van der Waals surface area contributed by atoms with Gasteiger partial charge in [0.1, 0.15) is 22.6 Å². The summed E-state index contributed by atoms with van der Waals surface area (Å²) >= 11 is 0. The van der Waals surface area contributed by atoms with E-state index in [0.717, 1.165) is 5.56 Å². The predicted octanol–water partition coefficient (Wildman–Crippen LogP) is 3.04. The van der Waals surface area contributed by atoms with E-state index < -0.39 is 5.60 Å². The molecular formula is C26H31N5O5. The number of aryl methyl sites for hydroxylation is 1. The number of carbonyl (C=O) groups is 1. The highest BCUT2D eigenvalue weighted by molar-refractivity contribution is 5.83. The molecule has 0 N–H and O–H groups in total. The van der Waals surface area contributed by atoms with E-state index in [1.54, 1.807) is 29.7 Å². The molecule has 10 heteroatoms. The van der Waals surface area contributed by atoms with Gasteiger partial charge in [0.15, 0.2) is 6.79 Å². The Morgan fingerprint density at radius 3 is 2.50 bits per heavy atom. The van der Waals surface area contributed by atoms with Crippen molar-refractivity contribution in [2.24, 2.45) is 12.5 Å². The topological polar surface area (TPSA) is 99.0 Å². The summed E-state index contributed by atoms with van der Waals surface area (Å²) in [5.41, 5.74) is 2.70. The minimum absolute atomic E-state index is 0.0122. The summed E-state index contributed by atoms with van der Waals surface area (Å²) < 4.78 is 17.8. The molecule has 0 atom stereocenters. The Morgan fingerprint density at radius 2 is 1.81 bits per heavy atom. The van der Waals surface area contributed by atoms with E-state index in [0.29, 0.717) is 54.3 Å². The Bertz CT molecular complexity index is 1370. The van der Waals surface area contributed by atoms with Gasteiger partial charge >= 0.3 is 6.09 Å². The molecule has 190 valence electrons. The molecule has 2 aliphatic heterocycles. The smallest absolute Gasteiger partial charge is 0.410 e. The summed E-state index contributed by atoms with van der Waals surface area (Å²) in [4.78, 5) is 29.3. The highest BCUT2D eigenvalue weighted by Crippen LogP contribution is 2.42. The van der Waals surface area contributed by atoms with Gasteiger partial charge in [-0.05, 0) is 45.0 Å². The first-order valence-electron chi connectivity index (χ1n) is 11.9. The van der Waals surface area contributed by atoms with Gasteiger partial charge in [-0.1, -0.05) is 12.1 Å². The van der Waals surface area contributed by atoms with E-state index in [1.165, 1.54) is 0 Å². The molecule has 3 aromatic rings. The van der Waals surface area contributed by atoms with Gasteiger partial charge in [0, 0.05) is 51.3 Å². The number of pyridine rings is 1. The van der Waals surface area contributed by atoms with Crippen LogP contribution in [0.3, 0.4) is 0 Å². The highest BCUT2D eigenvalue weighted by Gasteiger charge is 2.54. The first-order chi connectivity index (χ1) is 17.1. The Kier molecular flexibility index (Phi) is 5.86. The lowest BCUT2D eigenvalue weighted by molar-refractivity contribution is -0.0453. The summed E-state index contributed by atoms with van der Waals surface area (Å²) in [6.45, 7) is 8.40. The zero-order valence-electron chi connectivity index (χ0n) is 21.3. The zero-order valence-corrected chi connectivity index (χ0v) is 21.3. The third-order valence-corrected chi connectivity index (χ3v) is 6.55. The summed E-state index contributed by atoms with van der Waals surface area (Å²) in [5, 5.41) is 8.84. The molecule has 0 aliphatic carbocycles. The van der Waals surface area contributed by atoms with E-state index in [4.69, 9.17) is 14.2 Å². The molecule has 4 heterocycles. The van der Waals surface area contributed by atoms with Crippen LogP contribution in [0.2, 0.25) is 0 Å². The zero-order chi connectivity index (χ0) is 25.7. The normalized spacial score (nSPS) is 16.6. The van der Waals surface area contributed by atoms with Gasteiger partial charge in [0.2, 0.25) is 0 Å². The number of hydrogen-bond acceptors (Lipinski definition) is 8. The second-order valence-electron chi connectivity index (χ2n) is 10.6. The minimum atomic E-state index is -0.511. The van der Waals surface area contributed by atoms with Gasteiger partial charge in [-0.25, -0.2) is 4.79 Å². The molecule has 5 rings (SSSR count). The number of para-hydroxylation sites is 1. The van der Waals surface area contributed by atoms with Crippen molar-refractivity contribution in [2.45, 2.75) is 26.4 Å². The van der Waals surface area contributed by atoms with Crippen molar-refractivity contribution in [1.29, 1.82) is 0 Å². The van der Waals surface area contributed by atoms with Crippen LogP contribution in [0.15, 0.2) is 41.2 Å². The molecule has 2 aliphatic rings. The molecular weight excluding hydrogens is 462 g/mol. The number of hydrogen-bond donors (Lipinski definition) is 0. The molecule has 0 saturated carbocycles. The number of aromatic nitrogens is 3. The van der Waals surface area contributed by atoms with Crippen molar-refractivity contribution in [3.05, 3.63) is 46.8 Å². The Morgan fingerprint density at radius 1 is 1.08 bits per heavy atom. The number of carbonyl (C=O) groups excluding carboxylic acids is 1. The van der Waals surface area contributed by atoms with E-state index >= 15 is 0 Å². The molecule has 0 unspecified atom stereocenters. The number of amides is 1. The van der Waals surface area contributed by atoms with Crippen LogP contribution in [0.1, 0.15) is 20.8 Å². The number of rotatable bonds is 5. The monoisotopic (exact) mass is 493 g/mol. The van der Waals surface area contributed by atoms with Crippen LogP contribution < -0.4 is 15.2 Å². The fourth-order valence-corrected chi connectivity index (χ4v) is 4.87. The van der Waals surface area contributed by atoms with Crippen LogP contribution in [0.4, 0.5) is 10.5 Å². The van der Waals surface area contributed by atoms with E-state index in [2.05, 4.69) is 15.1 Å². The van der Waals surface area contributed by atoms with Crippen molar-refractivity contribution in [1.82, 2.24) is 19.7 Å². The number of fused-ring (bicyclic) bond motifs is 1. The van der Waals surface area contributed by atoms with Gasteiger partial charge < -0.3 is 28.6 Å². The van der Waals surface area contributed by atoms with Gasteiger partial charge in [-0.2, -0.15) is 0 Å². The second-order valence-corrected chi connectivity index (χ2v) is 10.6. The molecule has 0 radical (unpaired) electrons. The van der Waals surface area contributed by atoms with E-state index in [-0.39, 0.29) is 23.9 Å². The number of methoxy groups -OCH3 is 1. The molecule has 1 aromatic carbocycles. The Labute approximate surface area is 209 Å². The fourth-order valence-electron chi connectivity index (χ4n) is 4.87. The van der Waals surface area contributed by atoms with E-state index in [9.17, 15) is 9.59 Å². The van der Waals surface area contributed by atoms with Crippen LogP contribution in [-0.4, -0.2) is 71.4 Å². The average molecular weight is 494 g/mol. The minimum Gasteiger partial charge on any atom is -0.467 e. The number of ether oxygens (including phenoxy) is 3. The number of likely N-dealkylation sites (tertiary alicyclic amines) is 1. The maximum atomic E-state index is 13.3. The molecule has 36 heavy (non-hydrogen) atoms. The number of anilines is 1. The third-order valence-electron chi connectivity index (χ3n) is 6.55. The highest BCUT2D eigenvalue weighted by atomic mass is 16.7. The van der Waals surface area contributed by atoms with Crippen LogP contribution >= 0.6 is 0 Å². The lowest BCUT2D eigenvalue weighted by Crippen LogP contribution is -2.73. The van der Waals surface area contributed by atoms with Gasteiger partial charge in [-0.3, -0.25) is 4.79 Å². The van der Waals surface area contributed by atoms with Gasteiger partial charge in [-0.15, -0.1) is 10.2 Å². The van der Waals surface area contributed by atoms with Crippen LogP contribution in [0, 0.1) is 5.41 Å². The summed E-state index contributed by atoms with van der Waals surface area (Å²) in [7, 11) is 3.31. The second kappa shape index (κ2) is 8.77. The van der Waals surface area contributed by atoms with Crippen molar-refractivity contribution in [2.75, 3.05) is 45.0 Å². The predicted molar refractivity (Wildman–Crippen MR) is 135 cm³/mol.